The van der Waals surface area contributed by atoms with Gasteiger partial charge in [-0.2, -0.15) is 5.10 Å². The number of amides is 1. The van der Waals surface area contributed by atoms with Crippen molar-refractivity contribution in [2.45, 2.75) is 26.8 Å². The van der Waals surface area contributed by atoms with Crippen LogP contribution in [0.1, 0.15) is 35.7 Å². The van der Waals surface area contributed by atoms with Crippen molar-refractivity contribution in [1.82, 2.24) is 14.3 Å². The fourth-order valence-corrected chi connectivity index (χ4v) is 5.04. The molecule has 9 heteroatoms. The third-order valence-corrected chi connectivity index (χ3v) is 6.87. The van der Waals surface area contributed by atoms with E-state index in [1.165, 1.54) is 11.3 Å². The molecule has 4 aromatic rings. The molecule has 0 fully saturated rings. The first-order chi connectivity index (χ1) is 16.3. The number of rotatable bonds is 4. The highest BCUT2D eigenvalue weighted by Crippen LogP contribution is 2.31. The predicted molar refractivity (Wildman–Crippen MR) is 130 cm³/mol. The Balaban J connectivity index is 1.68. The summed E-state index contributed by atoms with van der Waals surface area (Å²) in [5.74, 6) is 0.875. The molecule has 4 heterocycles. The number of allylic oxidation sites excluding steroid dienone is 1. The molecule has 1 aliphatic rings. The van der Waals surface area contributed by atoms with Gasteiger partial charge in [-0.25, -0.2) is 4.99 Å². The summed E-state index contributed by atoms with van der Waals surface area (Å²) in [5.41, 5.74) is 3.14. The Hall–Kier alpha value is -3.98. The standard InChI is InChI=1S/C25H23N5O3S/c1-14-10-11-19(33-14)22-21(23(31)28-18-8-6-5-7-9-18)15(2)27-25-30(22)24(32)20(34-25)12-17-13-26-29(4)16(17)3/h5-13,22H,1-4H3,(H,28,31)/t22-/m1/s1. The molecule has 1 atom stereocenters. The lowest BCUT2D eigenvalue weighted by Gasteiger charge is -2.23. The molecule has 1 aromatic carbocycles. The van der Waals surface area contributed by atoms with Gasteiger partial charge in [-0.15, -0.1) is 0 Å². The van der Waals surface area contributed by atoms with Gasteiger partial charge in [0.15, 0.2) is 4.80 Å². The second kappa shape index (κ2) is 8.42. The van der Waals surface area contributed by atoms with Crippen molar-refractivity contribution in [1.29, 1.82) is 0 Å². The van der Waals surface area contributed by atoms with Crippen molar-refractivity contribution in [3.63, 3.8) is 0 Å². The largest absolute Gasteiger partial charge is 0.464 e. The van der Waals surface area contributed by atoms with E-state index < -0.39 is 6.04 Å². The van der Waals surface area contributed by atoms with E-state index in [1.54, 1.807) is 28.4 Å². The lowest BCUT2D eigenvalue weighted by molar-refractivity contribution is -0.113. The normalized spacial score (nSPS) is 15.9. The Morgan fingerprint density at radius 1 is 1.15 bits per heavy atom. The zero-order valence-electron chi connectivity index (χ0n) is 19.2. The molecule has 3 aromatic heterocycles. The first-order valence-electron chi connectivity index (χ1n) is 10.8. The number of hydrogen-bond acceptors (Lipinski definition) is 6. The molecule has 0 saturated heterocycles. The minimum Gasteiger partial charge on any atom is -0.464 e. The van der Waals surface area contributed by atoms with Gasteiger partial charge in [0.25, 0.3) is 11.5 Å². The van der Waals surface area contributed by atoms with Crippen LogP contribution in [0.3, 0.4) is 0 Å². The highest BCUT2D eigenvalue weighted by atomic mass is 32.1. The third kappa shape index (κ3) is 3.73. The fraction of sp³-hybridized carbons (Fsp3) is 0.200. The number of anilines is 1. The molecule has 0 radical (unpaired) electrons. The summed E-state index contributed by atoms with van der Waals surface area (Å²) in [6, 6.07) is 12.1. The summed E-state index contributed by atoms with van der Waals surface area (Å²) in [6.45, 7) is 5.56. The van der Waals surface area contributed by atoms with Crippen molar-refractivity contribution < 1.29 is 9.21 Å². The summed E-state index contributed by atoms with van der Waals surface area (Å²) < 4.78 is 9.75. The minimum atomic E-state index is -0.731. The van der Waals surface area contributed by atoms with E-state index in [1.807, 2.05) is 63.4 Å². The molecule has 1 amide bonds. The van der Waals surface area contributed by atoms with Crippen molar-refractivity contribution in [3.05, 3.63) is 102 Å². The molecule has 1 aliphatic heterocycles. The summed E-state index contributed by atoms with van der Waals surface area (Å²) in [5, 5.41) is 7.18. The number of thiazole rings is 1. The Morgan fingerprint density at radius 2 is 1.91 bits per heavy atom. The molecule has 0 aliphatic carbocycles. The molecule has 5 rings (SSSR count). The number of aryl methyl sites for hydroxylation is 2. The number of fused-ring (bicyclic) bond motifs is 1. The highest BCUT2D eigenvalue weighted by molar-refractivity contribution is 7.07. The van der Waals surface area contributed by atoms with E-state index in [0.717, 1.165) is 11.3 Å². The number of nitrogens with one attached hydrogen (secondary N) is 1. The average Bonchev–Trinajstić information content (AvgIpc) is 3.47. The first-order valence-corrected chi connectivity index (χ1v) is 11.6. The van der Waals surface area contributed by atoms with Gasteiger partial charge in [0.2, 0.25) is 0 Å². The van der Waals surface area contributed by atoms with Crippen LogP contribution >= 0.6 is 11.3 Å². The van der Waals surface area contributed by atoms with Gasteiger partial charge in [-0.05, 0) is 51.1 Å². The topological polar surface area (TPSA) is 94.4 Å². The monoisotopic (exact) mass is 473 g/mol. The third-order valence-electron chi connectivity index (χ3n) is 5.89. The lowest BCUT2D eigenvalue weighted by Crippen LogP contribution is -2.40. The zero-order chi connectivity index (χ0) is 24.0. The maximum Gasteiger partial charge on any atom is 0.271 e. The summed E-state index contributed by atoms with van der Waals surface area (Å²) >= 11 is 1.29. The molecule has 172 valence electrons. The predicted octanol–water partition coefficient (Wildman–Crippen LogP) is 2.82. The quantitative estimate of drug-likeness (QED) is 0.493. The van der Waals surface area contributed by atoms with Crippen molar-refractivity contribution in [2.24, 2.45) is 12.0 Å². The average molecular weight is 474 g/mol. The number of carbonyl (C=O) groups is 1. The molecule has 0 saturated carbocycles. The number of aromatic nitrogens is 3. The molecule has 0 bridgehead atoms. The van der Waals surface area contributed by atoms with Crippen molar-refractivity contribution >= 4 is 29.0 Å². The number of nitrogens with zero attached hydrogens (tertiary/aromatic N) is 4. The van der Waals surface area contributed by atoms with Gasteiger partial charge in [-0.1, -0.05) is 29.5 Å². The number of carbonyl (C=O) groups excluding carboxylic acids is 1. The molecule has 34 heavy (non-hydrogen) atoms. The first kappa shape index (κ1) is 21.8. The molecular formula is C25H23N5O3S. The van der Waals surface area contributed by atoms with Gasteiger partial charge in [0, 0.05) is 24.0 Å². The molecule has 8 nitrogen and oxygen atoms in total. The Bertz CT molecular complexity index is 1620. The second-order valence-corrected chi connectivity index (χ2v) is 9.17. The van der Waals surface area contributed by atoms with E-state index in [9.17, 15) is 9.59 Å². The Labute approximate surface area is 199 Å². The van der Waals surface area contributed by atoms with Crippen LogP contribution in [0.15, 0.2) is 74.1 Å². The number of furan rings is 1. The van der Waals surface area contributed by atoms with Gasteiger partial charge >= 0.3 is 0 Å². The van der Waals surface area contributed by atoms with Crippen LogP contribution in [0.25, 0.3) is 6.08 Å². The molecule has 1 N–H and O–H groups in total. The van der Waals surface area contributed by atoms with Gasteiger partial charge in [0.05, 0.1) is 22.0 Å². The smallest absolute Gasteiger partial charge is 0.271 e. The summed E-state index contributed by atoms with van der Waals surface area (Å²) in [4.78, 5) is 32.2. The van der Waals surface area contributed by atoms with E-state index in [0.29, 0.717) is 37.8 Å². The lowest BCUT2D eigenvalue weighted by atomic mass is 10.00. The van der Waals surface area contributed by atoms with Crippen molar-refractivity contribution in [3.8, 4) is 0 Å². The number of benzene rings is 1. The number of hydrogen-bond donors (Lipinski definition) is 1. The maximum absolute atomic E-state index is 13.6. The highest BCUT2D eigenvalue weighted by Gasteiger charge is 2.34. The van der Waals surface area contributed by atoms with E-state index in [4.69, 9.17) is 4.42 Å². The number of para-hydroxylation sites is 1. The van der Waals surface area contributed by atoms with Crippen LogP contribution < -0.4 is 20.2 Å². The fourth-order valence-electron chi connectivity index (χ4n) is 4.00. The van der Waals surface area contributed by atoms with Crippen molar-refractivity contribution in [2.75, 3.05) is 5.32 Å². The van der Waals surface area contributed by atoms with Crippen LogP contribution in [-0.2, 0) is 11.8 Å². The second-order valence-electron chi connectivity index (χ2n) is 8.16. The van der Waals surface area contributed by atoms with Crippen LogP contribution in [0.2, 0.25) is 0 Å². The van der Waals surface area contributed by atoms with Gasteiger partial charge in [0.1, 0.15) is 17.6 Å². The Kier molecular flexibility index (Phi) is 5.41. The van der Waals surface area contributed by atoms with E-state index in [2.05, 4.69) is 15.4 Å². The summed E-state index contributed by atoms with van der Waals surface area (Å²) in [6.07, 6.45) is 3.55. The molecule has 0 spiro atoms. The molecular weight excluding hydrogens is 450 g/mol. The van der Waals surface area contributed by atoms with E-state index >= 15 is 0 Å². The van der Waals surface area contributed by atoms with Crippen LogP contribution in [0, 0.1) is 13.8 Å². The van der Waals surface area contributed by atoms with Gasteiger partial charge in [-0.3, -0.25) is 18.8 Å². The Morgan fingerprint density at radius 3 is 2.56 bits per heavy atom. The minimum absolute atomic E-state index is 0.233. The van der Waals surface area contributed by atoms with Crippen LogP contribution in [-0.4, -0.2) is 20.3 Å². The van der Waals surface area contributed by atoms with Gasteiger partial charge < -0.3 is 9.73 Å². The maximum atomic E-state index is 13.6. The zero-order valence-corrected chi connectivity index (χ0v) is 20.0. The van der Waals surface area contributed by atoms with Crippen LogP contribution in [0.4, 0.5) is 5.69 Å². The van der Waals surface area contributed by atoms with E-state index in [-0.39, 0.29) is 11.5 Å². The molecule has 0 unspecified atom stereocenters. The summed E-state index contributed by atoms with van der Waals surface area (Å²) in [7, 11) is 1.86. The SMILES string of the molecule is CC1=C(C(=O)Nc2ccccc2)[C@@H](c2ccc(C)o2)n2c(sc(=Cc3cnn(C)c3C)c2=O)=N1. The van der Waals surface area contributed by atoms with Crippen LogP contribution in [0.5, 0.6) is 0 Å².